The quantitative estimate of drug-likeness (QED) is 0.685. The van der Waals surface area contributed by atoms with Gasteiger partial charge in [0.15, 0.2) is 0 Å². The molecule has 0 aliphatic carbocycles. The number of amidine groups is 1. The Morgan fingerprint density at radius 2 is 2.07 bits per heavy atom. The molecule has 0 radical (unpaired) electrons. The van der Waals surface area contributed by atoms with E-state index in [0.717, 1.165) is 13.2 Å². The molecule has 2 atom stereocenters. The van der Waals surface area contributed by atoms with Crippen LogP contribution in [0.1, 0.15) is 33.1 Å². The second-order valence-corrected chi connectivity index (χ2v) is 4.18. The summed E-state index contributed by atoms with van der Waals surface area (Å²) in [4.78, 5) is 4.24. The van der Waals surface area contributed by atoms with Crippen molar-refractivity contribution in [3.63, 3.8) is 0 Å². The fourth-order valence-corrected chi connectivity index (χ4v) is 2.15. The van der Waals surface area contributed by atoms with Gasteiger partial charge in [-0.1, -0.05) is 6.42 Å². The highest BCUT2D eigenvalue weighted by Gasteiger charge is 2.26. The van der Waals surface area contributed by atoms with Crippen LogP contribution < -0.4 is 5.43 Å². The van der Waals surface area contributed by atoms with Gasteiger partial charge < -0.3 is 4.74 Å². The van der Waals surface area contributed by atoms with Crippen LogP contribution in [0.5, 0.6) is 0 Å². The van der Waals surface area contributed by atoms with E-state index in [4.69, 9.17) is 4.74 Å². The summed E-state index contributed by atoms with van der Waals surface area (Å²) in [5.74, 6) is 0. The minimum atomic E-state index is 0.575. The summed E-state index contributed by atoms with van der Waals surface area (Å²) in [5.41, 5.74) is 3.28. The SMILES string of the molecule is CC1CCCC(C)N1NC1=NCCO1. The Balaban J connectivity index is 1.93. The molecule has 0 aromatic carbocycles. The second kappa shape index (κ2) is 4.17. The van der Waals surface area contributed by atoms with Crippen LogP contribution in [0.15, 0.2) is 4.99 Å². The largest absolute Gasteiger partial charge is 0.462 e. The Bertz CT molecular complexity index is 219. The van der Waals surface area contributed by atoms with Crippen molar-refractivity contribution in [1.82, 2.24) is 10.4 Å². The molecular weight excluding hydrogens is 178 g/mol. The summed E-state index contributed by atoms with van der Waals surface area (Å²) in [5, 5.41) is 2.27. The van der Waals surface area contributed by atoms with Crippen molar-refractivity contribution < 1.29 is 4.74 Å². The number of rotatable bonds is 1. The highest BCUT2D eigenvalue weighted by Crippen LogP contribution is 2.20. The van der Waals surface area contributed by atoms with Crippen LogP contribution in [0.3, 0.4) is 0 Å². The number of nitrogens with one attached hydrogen (secondary N) is 1. The first-order chi connectivity index (χ1) is 6.77. The summed E-state index contributed by atoms with van der Waals surface area (Å²) >= 11 is 0. The maximum Gasteiger partial charge on any atom is 0.299 e. The van der Waals surface area contributed by atoms with Gasteiger partial charge in [-0.25, -0.2) is 10.0 Å². The second-order valence-electron chi connectivity index (χ2n) is 4.18. The molecule has 2 aliphatic rings. The molecule has 2 heterocycles. The van der Waals surface area contributed by atoms with Gasteiger partial charge >= 0.3 is 0 Å². The molecule has 0 saturated carbocycles. The molecule has 0 amide bonds. The van der Waals surface area contributed by atoms with Crippen molar-refractivity contribution in [3.8, 4) is 0 Å². The zero-order valence-electron chi connectivity index (χ0n) is 8.99. The fraction of sp³-hybridized carbons (Fsp3) is 0.900. The zero-order chi connectivity index (χ0) is 9.97. The summed E-state index contributed by atoms with van der Waals surface area (Å²) in [6.45, 7) is 6.01. The van der Waals surface area contributed by atoms with E-state index in [2.05, 4.69) is 29.3 Å². The molecule has 0 bridgehead atoms. The van der Waals surface area contributed by atoms with Crippen LogP contribution in [0, 0.1) is 0 Å². The molecule has 80 valence electrons. The Kier molecular flexibility index (Phi) is 2.91. The lowest BCUT2D eigenvalue weighted by Gasteiger charge is -2.38. The van der Waals surface area contributed by atoms with Gasteiger partial charge in [-0.05, 0) is 26.7 Å². The van der Waals surface area contributed by atoms with E-state index in [1.807, 2.05) is 0 Å². The van der Waals surface area contributed by atoms with Gasteiger partial charge in [0.25, 0.3) is 6.02 Å². The average molecular weight is 197 g/mol. The standard InChI is InChI=1S/C10H19N3O/c1-8-4-3-5-9(2)13(8)12-10-11-6-7-14-10/h8-9H,3-7H2,1-2H3,(H,11,12). The van der Waals surface area contributed by atoms with Crippen LogP contribution in [0.4, 0.5) is 0 Å². The van der Waals surface area contributed by atoms with Crippen LogP contribution in [-0.4, -0.2) is 36.3 Å². The van der Waals surface area contributed by atoms with E-state index in [1.165, 1.54) is 19.3 Å². The summed E-state index contributed by atoms with van der Waals surface area (Å²) in [6, 6.07) is 1.85. The number of hydrogen-bond acceptors (Lipinski definition) is 4. The molecule has 1 saturated heterocycles. The summed E-state index contributed by atoms with van der Waals surface area (Å²) in [6.07, 6.45) is 3.84. The predicted octanol–water partition coefficient (Wildman–Crippen LogP) is 1.14. The molecular formula is C10H19N3O. The topological polar surface area (TPSA) is 36.9 Å². The Morgan fingerprint density at radius 3 is 2.64 bits per heavy atom. The molecule has 2 aliphatic heterocycles. The van der Waals surface area contributed by atoms with Crippen molar-refractivity contribution in [3.05, 3.63) is 0 Å². The molecule has 0 aromatic rings. The first-order valence-corrected chi connectivity index (χ1v) is 5.49. The van der Waals surface area contributed by atoms with Crippen molar-refractivity contribution in [2.45, 2.75) is 45.2 Å². The van der Waals surface area contributed by atoms with Gasteiger partial charge in [0.05, 0.1) is 6.54 Å². The van der Waals surface area contributed by atoms with E-state index in [1.54, 1.807) is 0 Å². The first kappa shape index (κ1) is 9.77. The van der Waals surface area contributed by atoms with Gasteiger partial charge in [0.2, 0.25) is 0 Å². The van der Waals surface area contributed by atoms with Crippen molar-refractivity contribution >= 4 is 6.02 Å². The number of ether oxygens (including phenoxy) is 1. The normalized spacial score (nSPS) is 33.7. The van der Waals surface area contributed by atoms with Gasteiger partial charge in [-0.2, -0.15) is 0 Å². The molecule has 4 heteroatoms. The number of hydrazine groups is 1. The van der Waals surface area contributed by atoms with E-state index in [-0.39, 0.29) is 0 Å². The summed E-state index contributed by atoms with van der Waals surface area (Å²) in [7, 11) is 0. The monoisotopic (exact) mass is 197 g/mol. The van der Waals surface area contributed by atoms with Crippen molar-refractivity contribution in [2.75, 3.05) is 13.2 Å². The van der Waals surface area contributed by atoms with E-state index < -0.39 is 0 Å². The molecule has 2 unspecified atom stereocenters. The zero-order valence-corrected chi connectivity index (χ0v) is 8.99. The lowest BCUT2D eigenvalue weighted by Crippen LogP contribution is -2.54. The molecule has 4 nitrogen and oxygen atoms in total. The lowest BCUT2D eigenvalue weighted by atomic mass is 10.00. The summed E-state index contributed by atoms with van der Waals surface area (Å²) < 4.78 is 5.35. The van der Waals surface area contributed by atoms with Gasteiger partial charge in [-0.3, -0.25) is 5.43 Å². The maximum absolute atomic E-state index is 5.35. The van der Waals surface area contributed by atoms with Crippen LogP contribution in [0.2, 0.25) is 0 Å². The van der Waals surface area contributed by atoms with Crippen molar-refractivity contribution in [1.29, 1.82) is 0 Å². The minimum Gasteiger partial charge on any atom is -0.462 e. The van der Waals surface area contributed by atoms with Gasteiger partial charge in [-0.15, -0.1) is 0 Å². The molecule has 14 heavy (non-hydrogen) atoms. The Morgan fingerprint density at radius 1 is 1.36 bits per heavy atom. The number of piperidine rings is 1. The predicted molar refractivity (Wildman–Crippen MR) is 56.0 cm³/mol. The van der Waals surface area contributed by atoms with E-state index in [0.29, 0.717) is 18.1 Å². The van der Waals surface area contributed by atoms with Crippen LogP contribution in [0.25, 0.3) is 0 Å². The molecule has 0 aromatic heterocycles. The lowest BCUT2D eigenvalue weighted by molar-refractivity contribution is 0.0640. The van der Waals surface area contributed by atoms with Gasteiger partial charge in [0.1, 0.15) is 6.61 Å². The highest BCUT2D eigenvalue weighted by atomic mass is 16.5. The average Bonchev–Trinajstić information content (AvgIpc) is 2.64. The van der Waals surface area contributed by atoms with Crippen molar-refractivity contribution in [2.24, 2.45) is 4.99 Å². The number of aliphatic imine (C=N–C) groups is 1. The van der Waals surface area contributed by atoms with E-state index in [9.17, 15) is 0 Å². The third-order valence-electron chi connectivity index (χ3n) is 3.00. The first-order valence-electron chi connectivity index (χ1n) is 5.49. The van der Waals surface area contributed by atoms with Crippen LogP contribution in [-0.2, 0) is 4.74 Å². The molecule has 0 spiro atoms. The molecule has 2 rings (SSSR count). The fourth-order valence-electron chi connectivity index (χ4n) is 2.15. The Hall–Kier alpha value is -0.770. The number of hydrogen-bond donors (Lipinski definition) is 1. The van der Waals surface area contributed by atoms with Crippen LogP contribution >= 0.6 is 0 Å². The van der Waals surface area contributed by atoms with Gasteiger partial charge in [0, 0.05) is 12.1 Å². The molecule has 1 N–H and O–H groups in total. The third-order valence-corrected chi connectivity index (χ3v) is 3.00. The maximum atomic E-state index is 5.35. The number of nitrogens with zero attached hydrogens (tertiary/aromatic N) is 2. The Labute approximate surface area is 85.3 Å². The third kappa shape index (κ3) is 2.00. The highest BCUT2D eigenvalue weighted by molar-refractivity contribution is 5.74. The minimum absolute atomic E-state index is 0.575. The smallest absolute Gasteiger partial charge is 0.299 e. The van der Waals surface area contributed by atoms with E-state index >= 15 is 0 Å². The molecule has 1 fully saturated rings.